The maximum Gasteiger partial charge on any atom is 0.194 e. The number of nitrogens with one attached hydrogen (secondary N) is 1. The first kappa shape index (κ1) is 20.2. The molecule has 27 heavy (non-hydrogen) atoms. The van der Waals surface area contributed by atoms with Crippen molar-refractivity contribution in [1.82, 2.24) is 15.1 Å². The fourth-order valence-corrected chi connectivity index (χ4v) is 4.06. The van der Waals surface area contributed by atoms with Crippen LogP contribution in [0.3, 0.4) is 0 Å². The lowest BCUT2D eigenvalue weighted by molar-refractivity contribution is 0.0792. The van der Waals surface area contributed by atoms with E-state index in [2.05, 4.69) is 53.2 Å². The summed E-state index contributed by atoms with van der Waals surface area (Å²) in [6.07, 6.45) is 4.28. The Bertz CT molecular complexity index is 593. The Morgan fingerprint density at radius 1 is 1.11 bits per heavy atom. The maximum absolute atomic E-state index is 9.63. The first-order chi connectivity index (χ1) is 13.1. The van der Waals surface area contributed by atoms with E-state index in [4.69, 9.17) is 4.99 Å². The Hall–Kier alpha value is -1.59. The molecule has 2 aliphatic heterocycles. The Kier molecular flexibility index (Phi) is 7.53. The van der Waals surface area contributed by atoms with Crippen molar-refractivity contribution in [2.24, 2.45) is 10.9 Å². The standard InChI is InChI=1S/C22H36N4O/c1-3-23-22(26-12-4-5-18(2)16-26)24-15-19-6-8-20(9-7-19)17-25-13-10-21(27)11-14-25/h6-9,18,21,27H,3-5,10-17H2,1-2H3,(H,23,24). The van der Waals surface area contributed by atoms with E-state index in [1.807, 2.05) is 0 Å². The number of hydrogen-bond acceptors (Lipinski definition) is 3. The van der Waals surface area contributed by atoms with Crippen LogP contribution in [0.1, 0.15) is 50.7 Å². The zero-order chi connectivity index (χ0) is 19.1. The van der Waals surface area contributed by atoms with Crippen LogP contribution >= 0.6 is 0 Å². The summed E-state index contributed by atoms with van der Waals surface area (Å²) in [5, 5.41) is 13.1. The molecule has 2 N–H and O–H groups in total. The number of aliphatic hydroxyl groups is 1. The van der Waals surface area contributed by atoms with E-state index >= 15 is 0 Å². The van der Waals surface area contributed by atoms with Crippen molar-refractivity contribution in [2.45, 2.75) is 58.7 Å². The number of piperidine rings is 2. The van der Waals surface area contributed by atoms with Crippen LogP contribution in [-0.4, -0.2) is 59.7 Å². The van der Waals surface area contributed by atoms with Gasteiger partial charge in [0.25, 0.3) is 0 Å². The molecule has 5 heteroatoms. The molecule has 1 aromatic rings. The minimum Gasteiger partial charge on any atom is -0.393 e. The lowest BCUT2D eigenvalue weighted by Gasteiger charge is -2.33. The number of rotatable bonds is 5. The molecule has 150 valence electrons. The minimum absolute atomic E-state index is 0.102. The second kappa shape index (κ2) is 10.1. The van der Waals surface area contributed by atoms with Crippen molar-refractivity contribution in [2.75, 3.05) is 32.7 Å². The topological polar surface area (TPSA) is 51.1 Å². The molecule has 1 aromatic carbocycles. The van der Waals surface area contributed by atoms with Gasteiger partial charge in [0.05, 0.1) is 12.6 Å². The van der Waals surface area contributed by atoms with Crippen molar-refractivity contribution < 1.29 is 5.11 Å². The molecule has 0 bridgehead atoms. The normalized spacial score (nSPS) is 22.9. The molecule has 1 atom stereocenters. The summed E-state index contributed by atoms with van der Waals surface area (Å²) in [7, 11) is 0. The Morgan fingerprint density at radius 3 is 2.48 bits per heavy atom. The fraction of sp³-hybridized carbons (Fsp3) is 0.682. The van der Waals surface area contributed by atoms with Gasteiger partial charge < -0.3 is 15.3 Å². The van der Waals surface area contributed by atoms with Gasteiger partial charge in [-0.15, -0.1) is 0 Å². The van der Waals surface area contributed by atoms with Crippen LogP contribution < -0.4 is 5.32 Å². The van der Waals surface area contributed by atoms with E-state index in [0.717, 1.165) is 70.5 Å². The van der Waals surface area contributed by atoms with Gasteiger partial charge in [-0.25, -0.2) is 4.99 Å². The van der Waals surface area contributed by atoms with Crippen molar-refractivity contribution in [3.8, 4) is 0 Å². The molecule has 3 rings (SSSR count). The molecule has 5 nitrogen and oxygen atoms in total. The number of aliphatic imine (C=N–C) groups is 1. The summed E-state index contributed by atoms with van der Waals surface area (Å²) in [6, 6.07) is 8.87. The van der Waals surface area contributed by atoms with E-state index in [1.165, 1.54) is 24.0 Å². The quantitative estimate of drug-likeness (QED) is 0.616. The van der Waals surface area contributed by atoms with E-state index in [1.54, 1.807) is 0 Å². The van der Waals surface area contributed by atoms with Gasteiger partial charge >= 0.3 is 0 Å². The summed E-state index contributed by atoms with van der Waals surface area (Å²) in [6.45, 7) is 11.3. The third-order valence-electron chi connectivity index (χ3n) is 5.69. The van der Waals surface area contributed by atoms with E-state index < -0.39 is 0 Å². The molecular weight excluding hydrogens is 336 g/mol. The molecule has 2 fully saturated rings. The Balaban J connectivity index is 1.55. The predicted molar refractivity (Wildman–Crippen MR) is 112 cm³/mol. The van der Waals surface area contributed by atoms with Crippen LogP contribution in [-0.2, 0) is 13.1 Å². The summed E-state index contributed by atoms with van der Waals surface area (Å²) in [4.78, 5) is 9.73. The highest BCUT2D eigenvalue weighted by Crippen LogP contribution is 2.17. The molecule has 0 aliphatic carbocycles. The summed E-state index contributed by atoms with van der Waals surface area (Å²) < 4.78 is 0. The zero-order valence-corrected chi connectivity index (χ0v) is 17.0. The second-order valence-electron chi connectivity index (χ2n) is 8.19. The fourth-order valence-electron chi connectivity index (χ4n) is 4.06. The minimum atomic E-state index is -0.102. The molecule has 0 radical (unpaired) electrons. The van der Waals surface area contributed by atoms with Crippen molar-refractivity contribution in [3.05, 3.63) is 35.4 Å². The van der Waals surface area contributed by atoms with Gasteiger partial charge in [0, 0.05) is 39.3 Å². The number of guanidine groups is 1. The van der Waals surface area contributed by atoms with Crippen molar-refractivity contribution in [1.29, 1.82) is 0 Å². The number of nitrogens with zero attached hydrogens (tertiary/aromatic N) is 3. The predicted octanol–water partition coefficient (Wildman–Crippen LogP) is 2.84. The SMILES string of the molecule is CCNC(=NCc1ccc(CN2CCC(O)CC2)cc1)N1CCCC(C)C1. The maximum atomic E-state index is 9.63. The first-order valence-corrected chi connectivity index (χ1v) is 10.7. The smallest absolute Gasteiger partial charge is 0.194 e. The summed E-state index contributed by atoms with van der Waals surface area (Å²) in [5.74, 6) is 1.80. The molecule has 2 aliphatic rings. The molecular formula is C22H36N4O. The second-order valence-corrected chi connectivity index (χ2v) is 8.19. The molecule has 0 aromatic heterocycles. The van der Waals surface area contributed by atoms with Crippen LogP contribution in [0.4, 0.5) is 0 Å². The largest absolute Gasteiger partial charge is 0.393 e. The first-order valence-electron chi connectivity index (χ1n) is 10.7. The highest BCUT2D eigenvalue weighted by molar-refractivity contribution is 5.80. The van der Waals surface area contributed by atoms with Gasteiger partial charge in [0.2, 0.25) is 0 Å². The van der Waals surface area contributed by atoms with Crippen LogP contribution in [0.25, 0.3) is 0 Å². The summed E-state index contributed by atoms with van der Waals surface area (Å²) >= 11 is 0. The van der Waals surface area contributed by atoms with Crippen LogP contribution in [0, 0.1) is 5.92 Å². The van der Waals surface area contributed by atoms with E-state index in [0.29, 0.717) is 0 Å². The third-order valence-corrected chi connectivity index (χ3v) is 5.69. The zero-order valence-electron chi connectivity index (χ0n) is 17.0. The van der Waals surface area contributed by atoms with Gasteiger partial charge in [0.1, 0.15) is 0 Å². The lowest BCUT2D eigenvalue weighted by atomic mass is 10.0. The van der Waals surface area contributed by atoms with E-state index in [-0.39, 0.29) is 6.10 Å². The number of likely N-dealkylation sites (tertiary alicyclic amines) is 2. The highest BCUT2D eigenvalue weighted by atomic mass is 16.3. The average Bonchev–Trinajstić information content (AvgIpc) is 2.68. The van der Waals surface area contributed by atoms with Crippen LogP contribution in [0.2, 0.25) is 0 Å². The van der Waals surface area contributed by atoms with Gasteiger partial charge in [0.15, 0.2) is 5.96 Å². The van der Waals surface area contributed by atoms with Gasteiger partial charge in [-0.3, -0.25) is 4.90 Å². The van der Waals surface area contributed by atoms with Crippen molar-refractivity contribution in [3.63, 3.8) is 0 Å². The number of aliphatic hydroxyl groups excluding tert-OH is 1. The van der Waals surface area contributed by atoms with Gasteiger partial charge in [-0.2, -0.15) is 0 Å². The van der Waals surface area contributed by atoms with Gasteiger partial charge in [-0.1, -0.05) is 31.2 Å². The number of benzene rings is 1. The Morgan fingerprint density at radius 2 is 1.81 bits per heavy atom. The average molecular weight is 373 g/mol. The molecule has 0 spiro atoms. The molecule has 0 amide bonds. The van der Waals surface area contributed by atoms with E-state index in [9.17, 15) is 5.11 Å². The van der Waals surface area contributed by atoms with Crippen LogP contribution in [0.5, 0.6) is 0 Å². The Labute approximate surface area is 164 Å². The van der Waals surface area contributed by atoms with Crippen LogP contribution in [0.15, 0.2) is 29.3 Å². The summed E-state index contributed by atoms with van der Waals surface area (Å²) in [5.41, 5.74) is 2.60. The molecule has 2 saturated heterocycles. The molecule has 0 saturated carbocycles. The molecule has 1 unspecified atom stereocenters. The monoisotopic (exact) mass is 372 g/mol. The third kappa shape index (κ3) is 6.22. The van der Waals surface area contributed by atoms with Gasteiger partial charge in [-0.05, 0) is 49.7 Å². The number of hydrogen-bond donors (Lipinski definition) is 2. The lowest BCUT2D eigenvalue weighted by Crippen LogP contribution is -2.46. The highest BCUT2D eigenvalue weighted by Gasteiger charge is 2.19. The van der Waals surface area contributed by atoms with Crippen molar-refractivity contribution >= 4 is 5.96 Å². The molecule has 2 heterocycles.